The number of carbonyl (C=O) groups excluding carboxylic acids is 1. The van der Waals surface area contributed by atoms with Gasteiger partial charge in [-0.2, -0.15) is 11.8 Å². The number of ketones is 1. The molecule has 0 radical (unpaired) electrons. The third-order valence-corrected chi connectivity index (χ3v) is 5.54. The van der Waals surface area contributed by atoms with Gasteiger partial charge < -0.3 is 4.74 Å². The van der Waals surface area contributed by atoms with E-state index in [4.69, 9.17) is 4.74 Å². The Hall–Kier alpha value is -0.870. The lowest BCUT2D eigenvalue weighted by Crippen LogP contribution is -2.44. The van der Waals surface area contributed by atoms with Crippen LogP contribution in [0.2, 0.25) is 0 Å². The highest BCUT2D eigenvalue weighted by molar-refractivity contribution is 7.99. The predicted molar refractivity (Wildman–Crippen MR) is 81.3 cm³/mol. The van der Waals surface area contributed by atoms with E-state index in [9.17, 15) is 4.79 Å². The van der Waals surface area contributed by atoms with E-state index in [2.05, 4.69) is 4.98 Å². The Kier molecular flexibility index (Phi) is 4.13. The van der Waals surface area contributed by atoms with Gasteiger partial charge in [-0.25, -0.2) is 0 Å². The number of carbonyl (C=O) groups is 1. The van der Waals surface area contributed by atoms with Gasteiger partial charge in [0, 0.05) is 30.5 Å². The summed E-state index contributed by atoms with van der Waals surface area (Å²) in [6.07, 6.45) is 7.43. The number of Topliss-reactive ketones (excluding diaryl/α,β-unsaturated/α-hetero) is 1. The van der Waals surface area contributed by atoms with Crippen molar-refractivity contribution in [3.63, 3.8) is 0 Å². The highest BCUT2D eigenvalue weighted by Gasteiger charge is 2.41. The summed E-state index contributed by atoms with van der Waals surface area (Å²) >= 11 is 2.00. The van der Waals surface area contributed by atoms with E-state index >= 15 is 0 Å². The highest BCUT2D eigenvalue weighted by Crippen LogP contribution is 2.40. The Morgan fingerprint density at radius 1 is 1.45 bits per heavy atom. The van der Waals surface area contributed by atoms with Crippen molar-refractivity contribution < 1.29 is 9.53 Å². The molecule has 2 fully saturated rings. The topological polar surface area (TPSA) is 39.2 Å². The van der Waals surface area contributed by atoms with Crippen LogP contribution in [0.5, 0.6) is 0 Å². The second kappa shape index (κ2) is 5.86. The maximum absolute atomic E-state index is 12.8. The van der Waals surface area contributed by atoms with Crippen molar-refractivity contribution in [1.29, 1.82) is 0 Å². The normalized spacial score (nSPS) is 25.6. The summed E-state index contributed by atoms with van der Waals surface area (Å²) in [6.45, 7) is 2.69. The zero-order valence-corrected chi connectivity index (χ0v) is 12.7. The van der Waals surface area contributed by atoms with Gasteiger partial charge in [0.2, 0.25) is 0 Å². The zero-order chi connectivity index (χ0) is 14.0. The number of hydrogen-bond acceptors (Lipinski definition) is 4. The number of pyridine rings is 1. The monoisotopic (exact) mass is 291 g/mol. The number of aryl methyl sites for hydroxylation is 1. The van der Waals surface area contributed by atoms with Gasteiger partial charge in [-0.1, -0.05) is 0 Å². The molecule has 0 amide bonds. The average molecular weight is 291 g/mol. The SMILES string of the molecule is Cc1cnccc1C(=O)C1CCOC2(CCSCC2)C1. The summed E-state index contributed by atoms with van der Waals surface area (Å²) in [4.78, 5) is 16.8. The molecule has 4 heteroatoms. The summed E-state index contributed by atoms with van der Waals surface area (Å²) in [6, 6.07) is 1.86. The van der Waals surface area contributed by atoms with E-state index in [1.54, 1.807) is 12.4 Å². The first-order valence-corrected chi connectivity index (χ1v) is 8.52. The van der Waals surface area contributed by atoms with Gasteiger partial charge in [-0.3, -0.25) is 9.78 Å². The van der Waals surface area contributed by atoms with Gasteiger partial charge >= 0.3 is 0 Å². The Bertz CT molecular complexity index is 491. The van der Waals surface area contributed by atoms with Crippen LogP contribution in [0, 0.1) is 12.8 Å². The third-order valence-electron chi connectivity index (χ3n) is 4.55. The molecule has 2 aliphatic rings. The van der Waals surface area contributed by atoms with E-state index in [1.807, 2.05) is 24.8 Å². The molecule has 20 heavy (non-hydrogen) atoms. The molecule has 1 aromatic heterocycles. The lowest BCUT2D eigenvalue weighted by Gasteiger charge is -2.43. The van der Waals surface area contributed by atoms with Crippen LogP contribution in [-0.2, 0) is 4.74 Å². The molecule has 2 aliphatic heterocycles. The molecule has 3 nitrogen and oxygen atoms in total. The van der Waals surface area contributed by atoms with E-state index in [-0.39, 0.29) is 17.3 Å². The van der Waals surface area contributed by atoms with E-state index in [0.29, 0.717) is 0 Å². The minimum absolute atomic E-state index is 0.0231. The summed E-state index contributed by atoms with van der Waals surface area (Å²) in [5.74, 6) is 2.73. The van der Waals surface area contributed by atoms with Gasteiger partial charge in [-0.15, -0.1) is 0 Å². The molecule has 3 rings (SSSR count). The van der Waals surface area contributed by atoms with Crippen LogP contribution in [0.15, 0.2) is 18.5 Å². The van der Waals surface area contributed by atoms with Gasteiger partial charge in [0.05, 0.1) is 5.60 Å². The van der Waals surface area contributed by atoms with Crippen LogP contribution >= 0.6 is 11.8 Å². The summed E-state index contributed by atoms with van der Waals surface area (Å²) in [7, 11) is 0. The van der Waals surface area contributed by atoms with Crippen molar-refractivity contribution in [2.45, 2.75) is 38.2 Å². The second-order valence-corrected chi connectivity index (χ2v) is 7.11. The molecule has 0 saturated carbocycles. The highest BCUT2D eigenvalue weighted by atomic mass is 32.2. The van der Waals surface area contributed by atoms with Crippen molar-refractivity contribution in [1.82, 2.24) is 4.98 Å². The molecule has 1 spiro atoms. The Morgan fingerprint density at radius 3 is 3.00 bits per heavy atom. The lowest BCUT2D eigenvalue weighted by atomic mass is 9.78. The fourth-order valence-corrected chi connectivity index (χ4v) is 4.55. The van der Waals surface area contributed by atoms with Gasteiger partial charge in [0.25, 0.3) is 0 Å². The zero-order valence-electron chi connectivity index (χ0n) is 11.9. The number of hydrogen-bond donors (Lipinski definition) is 0. The number of thioether (sulfide) groups is 1. The fourth-order valence-electron chi connectivity index (χ4n) is 3.31. The smallest absolute Gasteiger partial charge is 0.166 e. The van der Waals surface area contributed by atoms with Gasteiger partial charge in [0.1, 0.15) is 0 Å². The predicted octanol–water partition coefficient (Wildman–Crippen LogP) is 3.27. The lowest BCUT2D eigenvalue weighted by molar-refractivity contribution is -0.0959. The largest absolute Gasteiger partial charge is 0.375 e. The van der Waals surface area contributed by atoms with Gasteiger partial charge in [0.15, 0.2) is 5.78 Å². The minimum atomic E-state index is -0.0231. The second-order valence-electron chi connectivity index (χ2n) is 5.89. The summed E-state index contributed by atoms with van der Waals surface area (Å²) in [5, 5.41) is 0. The molecule has 3 heterocycles. The van der Waals surface area contributed by atoms with Gasteiger partial charge in [-0.05, 0) is 55.7 Å². The minimum Gasteiger partial charge on any atom is -0.375 e. The summed E-state index contributed by atoms with van der Waals surface area (Å²) in [5.41, 5.74) is 1.80. The quantitative estimate of drug-likeness (QED) is 0.784. The van der Waals surface area contributed by atoms with Crippen molar-refractivity contribution in [3.8, 4) is 0 Å². The van der Waals surface area contributed by atoms with Crippen molar-refractivity contribution in [3.05, 3.63) is 29.6 Å². The molecule has 0 bridgehead atoms. The molecule has 0 N–H and O–H groups in total. The number of ether oxygens (including phenoxy) is 1. The number of aromatic nitrogens is 1. The van der Waals surface area contributed by atoms with E-state index in [0.717, 1.165) is 54.9 Å². The molecule has 0 aliphatic carbocycles. The average Bonchev–Trinajstić information content (AvgIpc) is 2.48. The first-order chi connectivity index (χ1) is 9.70. The molecular weight excluding hydrogens is 270 g/mol. The van der Waals surface area contributed by atoms with Crippen LogP contribution < -0.4 is 0 Å². The van der Waals surface area contributed by atoms with Crippen LogP contribution in [0.25, 0.3) is 0 Å². The van der Waals surface area contributed by atoms with Crippen LogP contribution in [0.4, 0.5) is 0 Å². The fraction of sp³-hybridized carbons (Fsp3) is 0.625. The molecular formula is C16H21NO2S. The molecule has 2 saturated heterocycles. The first kappa shape index (κ1) is 14.1. The van der Waals surface area contributed by atoms with E-state index in [1.165, 1.54) is 0 Å². The first-order valence-electron chi connectivity index (χ1n) is 7.37. The maximum atomic E-state index is 12.8. The van der Waals surface area contributed by atoms with Crippen molar-refractivity contribution in [2.75, 3.05) is 18.1 Å². The van der Waals surface area contributed by atoms with Crippen LogP contribution in [0.3, 0.4) is 0 Å². The third kappa shape index (κ3) is 2.77. The number of rotatable bonds is 2. The molecule has 1 unspecified atom stereocenters. The van der Waals surface area contributed by atoms with Crippen molar-refractivity contribution >= 4 is 17.5 Å². The Morgan fingerprint density at radius 2 is 2.25 bits per heavy atom. The molecule has 0 aromatic carbocycles. The summed E-state index contributed by atoms with van der Waals surface area (Å²) < 4.78 is 6.08. The standard InChI is InChI=1S/C16H21NO2S/c1-12-11-17-6-2-14(12)15(18)13-3-7-19-16(10-13)4-8-20-9-5-16/h2,6,11,13H,3-5,7-10H2,1H3. The Labute approximate surface area is 124 Å². The number of nitrogens with zero attached hydrogens (tertiary/aromatic N) is 1. The molecule has 1 aromatic rings. The van der Waals surface area contributed by atoms with Crippen molar-refractivity contribution in [2.24, 2.45) is 5.92 Å². The van der Waals surface area contributed by atoms with Crippen LogP contribution in [0.1, 0.15) is 41.6 Å². The van der Waals surface area contributed by atoms with Crippen LogP contribution in [-0.4, -0.2) is 34.5 Å². The molecule has 1 atom stereocenters. The Balaban J connectivity index is 1.77. The maximum Gasteiger partial charge on any atom is 0.166 e. The molecule has 108 valence electrons. The van der Waals surface area contributed by atoms with E-state index < -0.39 is 0 Å².